The van der Waals surface area contributed by atoms with Gasteiger partial charge in [0.15, 0.2) is 0 Å². The monoisotopic (exact) mass is 210 g/mol. The van der Waals surface area contributed by atoms with Crippen molar-refractivity contribution in [3.63, 3.8) is 0 Å². The molecule has 1 saturated heterocycles. The maximum Gasteiger partial charge on any atom is 0.246 e. The summed E-state index contributed by atoms with van der Waals surface area (Å²) >= 11 is 0. The molecule has 4 heteroatoms. The summed E-state index contributed by atoms with van der Waals surface area (Å²) in [7, 11) is 1.55. The Morgan fingerprint density at radius 2 is 2.13 bits per heavy atom. The molecule has 0 spiro atoms. The second kappa shape index (κ2) is 4.31. The van der Waals surface area contributed by atoms with E-state index < -0.39 is 0 Å². The predicted octanol–water partition coefficient (Wildman–Crippen LogP) is 0.523. The van der Waals surface area contributed by atoms with E-state index in [0.717, 1.165) is 18.9 Å². The van der Waals surface area contributed by atoms with Crippen molar-refractivity contribution < 1.29 is 9.59 Å². The molecule has 2 aliphatic rings. The van der Waals surface area contributed by atoms with E-state index in [4.69, 9.17) is 0 Å². The standard InChI is InChI=1S/C11H18N2O2/c1-13-10(14)7-9(11(13)15)12-6-2-3-8-4-5-8/h8-9,12H,2-7H2,1H3. The first-order valence-electron chi connectivity index (χ1n) is 5.72. The first-order valence-corrected chi connectivity index (χ1v) is 5.72. The summed E-state index contributed by atoms with van der Waals surface area (Å²) in [5, 5.41) is 3.16. The maximum absolute atomic E-state index is 11.5. The molecule has 0 aromatic carbocycles. The zero-order valence-electron chi connectivity index (χ0n) is 9.16. The first kappa shape index (κ1) is 10.6. The number of likely N-dealkylation sites (tertiary alicyclic amines) is 1. The van der Waals surface area contributed by atoms with Crippen LogP contribution in [0.15, 0.2) is 0 Å². The number of hydrogen-bond donors (Lipinski definition) is 1. The van der Waals surface area contributed by atoms with Gasteiger partial charge in [-0.25, -0.2) is 0 Å². The fourth-order valence-corrected chi connectivity index (χ4v) is 1.99. The Morgan fingerprint density at radius 1 is 1.40 bits per heavy atom. The summed E-state index contributed by atoms with van der Waals surface area (Å²) in [6, 6.07) is -0.262. The van der Waals surface area contributed by atoms with E-state index in [-0.39, 0.29) is 17.9 Å². The van der Waals surface area contributed by atoms with E-state index in [1.54, 1.807) is 7.05 Å². The van der Waals surface area contributed by atoms with Gasteiger partial charge >= 0.3 is 0 Å². The Hall–Kier alpha value is -0.900. The Kier molecular flexibility index (Phi) is 3.05. The molecule has 15 heavy (non-hydrogen) atoms. The van der Waals surface area contributed by atoms with Crippen molar-refractivity contribution in [2.24, 2.45) is 5.92 Å². The average Bonchev–Trinajstić information content (AvgIpc) is 3.00. The van der Waals surface area contributed by atoms with Crippen molar-refractivity contribution >= 4 is 11.8 Å². The lowest BCUT2D eigenvalue weighted by Gasteiger charge is -2.10. The Morgan fingerprint density at radius 3 is 2.67 bits per heavy atom. The van der Waals surface area contributed by atoms with Crippen LogP contribution < -0.4 is 5.32 Å². The highest BCUT2D eigenvalue weighted by molar-refractivity contribution is 6.05. The number of hydrogen-bond acceptors (Lipinski definition) is 3. The molecule has 84 valence electrons. The molecule has 1 atom stereocenters. The van der Waals surface area contributed by atoms with Gasteiger partial charge in [0.2, 0.25) is 11.8 Å². The molecule has 1 aliphatic heterocycles. The van der Waals surface area contributed by atoms with Crippen LogP contribution in [0, 0.1) is 5.92 Å². The number of imide groups is 1. The molecule has 0 bridgehead atoms. The fourth-order valence-electron chi connectivity index (χ4n) is 1.99. The van der Waals surface area contributed by atoms with Gasteiger partial charge in [-0.05, 0) is 25.3 Å². The topological polar surface area (TPSA) is 49.4 Å². The highest BCUT2D eigenvalue weighted by Crippen LogP contribution is 2.33. The zero-order chi connectivity index (χ0) is 10.8. The second-order valence-corrected chi connectivity index (χ2v) is 4.59. The van der Waals surface area contributed by atoms with E-state index in [1.807, 2.05) is 0 Å². The predicted molar refractivity (Wildman–Crippen MR) is 56.1 cm³/mol. The van der Waals surface area contributed by atoms with Crippen molar-refractivity contribution in [2.45, 2.75) is 38.1 Å². The third-order valence-electron chi connectivity index (χ3n) is 3.26. The third kappa shape index (κ3) is 2.56. The van der Waals surface area contributed by atoms with Gasteiger partial charge in [-0.15, -0.1) is 0 Å². The van der Waals surface area contributed by atoms with Crippen LogP contribution in [0.2, 0.25) is 0 Å². The summed E-state index contributed by atoms with van der Waals surface area (Å²) in [5.41, 5.74) is 0. The van der Waals surface area contributed by atoms with E-state index >= 15 is 0 Å². The molecule has 2 amide bonds. The van der Waals surface area contributed by atoms with Crippen LogP contribution in [0.3, 0.4) is 0 Å². The zero-order valence-corrected chi connectivity index (χ0v) is 9.16. The largest absolute Gasteiger partial charge is 0.305 e. The van der Waals surface area contributed by atoms with Crippen LogP contribution in [0.1, 0.15) is 32.1 Å². The van der Waals surface area contributed by atoms with Gasteiger partial charge in [-0.3, -0.25) is 14.5 Å². The number of nitrogens with one attached hydrogen (secondary N) is 1. The fraction of sp³-hybridized carbons (Fsp3) is 0.818. The van der Waals surface area contributed by atoms with Gasteiger partial charge in [-0.1, -0.05) is 12.8 Å². The number of likely N-dealkylation sites (N-methyl/N-ethyl adjacent to an activating group) is 1. The van der Waals surface area contributed by atoms with Crippen molar-refractivity contribution in [3.05, 3.63) is 0 Å². The quantitative estimate of drug-likeness (QED) is 0.532. The maximum atomic E-state index is 11.5. The molecule has 2 rings (SSSR count). The number of carbonyl (C=O) groups excluding carboxylic acids is 2. The third-order valence-corrected chi connectivity index (χ3v) is 3.26. The van der Waals surface area contributed by atoms with Gasteiger partial charge in [0.05, 0.1) is 12.5 Å². The minimum Gasteiger partial charge on any atom is -0.305 e. The van der Waals surface area contributed by atoms with Crippen molar-refractivity contribution in [1.29, 1.82) is 0 Å². The molecule has 0 aromatic heterocycles. The normalized spacial score (nSPS) is 26.5. The van der Waals surface area contributed by atoms with E-state index in [0.29, 0.717) is 6.42 Å². The Bertz CT molecular complexity index is 274. The molecule has 1 heterocycles. The van der Waals surface area contributed by atoms with E-state index in [1.165, 1.54) is 24.2 Å². The van der Waals surface area contributed by atoms with Gasteiger partial charge in [0.1, 0.15) is 0 Å². The van der Waals surface area contributed by atoms with Gasteiger partial charge in [0, 0.05) is 7.05 Å². The van der Waals surface area contributed by atoms with Crippen molar-refractivity contribution in [3.8, 4) is 0 Å². The van der Waals surface area contributed by atoms with Crippen LogP contribution in [0.4, 0.5) is 0 Å². The highest BCUT2D eigenvalue weighted by atomic mass is 16.2. The molecular formula is C11H18N2O2. The Labute approximate surface area is 90.0 Å². The smallest absolute Gasteiger partial charge is 0.246 e. The van der Waals surface area contributed by atoms with E-state index in [2.05, 4.69) is 5.32 Å². The molecule has 0 radical (unpaired) electrons. The highest BCUT2D eigenvalue weighted by Gasteiger charge is 2.35. The van der Waals surface area contributed by atoms with Crippen molar-refractivity contribution in [1.82, 2.24) is 10.2 Å². The molecule has 4 nitrogen and oxygen atoms in total. The molecule has 0 aromatic rings. The SMILES string of the molecule is CN1C(=O)CC(NCCCC2CC2)C1=O. The Balaban J connectivity index is 1.65. The molecule has 1 aliphatic carbocycles. The summed E-state index contributed by atoms with van der Waals surface area (Å²) < 4.78 is 0. The van der Waals surface area contributed by atoms with Crippen molar-refractivity contribution in [2.75, 3.05) is 13.6 Å². The van der Waals surface area contributed by atoms with Crippen LogP contribution in [0.5, 0.6) is 0 Å². The number of carbonyl (C=O) groups is 2. The van der Waals surface area contributed by atoms with E-state index in [9.17, 15) is 9.59 Å². The molecule has 2 fully saturated rings. The van der Waals surface area contributed by atoms with Crippen LogP contribution in [0.25, 0.3) is 0 Å². The first-order chi connectivity index (χ1) is 7.18. The number of nitrogens with zero attached hydrogens (tertiary/aromatic N) is 1. The number of rotatable bonds is 5. The minimum atomic E-state index is -0.262. The lowest BCUT2D eigenvalue weighted by molar-refractivity contribution is -0.137. The van der Waals surface area contributed by atoms with Gasteiger partial charge in [-0.2, -0.15) is 0 Å². The summed E-state index contributed by atoms with van der Waals surface area (Å²) in [6.07, 6.45) is 5.47. The lowest BCUT2D eigenvalue weighted by atomic mass is 10.2. The van der Waals surface area contributed by atoms with Crippen LogP contribution in [-0.2, 0) is 9.59 Å². The second-order valence-electron chi connectivity index (χ2n) is 4.59. The minimum absolute atomic E-state index is 0.0697. The molecular weight excluding hydrogens is 192 g/mol. The van der Waals surface area contributed by atoms with Crippen LogP contribution in [-0.4, -0.2) is 36.3 Å². The summed E-state index contributed by atoms with van der Waals surface area (Å²) in [4.78, 5) is 23.9. The summed E-state index contributed by atoms with van der Waals surface area (Å²) in [5.74, 6) is 0.793. The van der Waals surface area contributed by atoms with Gasteiger partial charge < -0.3 is 5.32 Å². The molecule has 1 unspecified atom stereocenters. The molecule has 1 saturated carbocycles. The van der Waals surface area contributed by atoms with Gasteiger partial charge in [0.25, 0.3) is 0 Å². The van der Waals surface area contributed by atoms with Crippen LogP contribution >= 0.6 is 0 Å². The molecule has 1 N–H and O–H groups in total. The summed E-state index contributed by atoms with van der Waals surface area (Å²) in [6.45, 7) is 0.855. The number of amides is 2. The average molecular weight is 210 g/mol. The lowest BCUT2D eigenvalue weighted by Crippen LogP contribution is -2.37.